The highest BCUT2D eigenvalue weighted by atomic mass is 35.5. The molecule has 4 N–H and O–H groups in total. The fraction of sp³-hybridized carbons (Fsp3) is 0.364. The summed E-state index contributed by atoms with van der Waals surface area (Å²) in [5.74, 6) is 0.729. The number of carbonyl (C=O) groups is 1. The van der Waals surface area contributed by atoms with Crippen molar-refractivity contribution in [1.82, 2.24) is 5.32 Å². The molecule has 0 aliphatic rings. The van der Waals surface area contributed by atoms with Crippen molar-refractivity contribution in [3.05, 3.63) is 53.8 Å². The minimum absolute atomic E-state index is 0.0818. The maximum absolute atomic E-state index is 11.1. The number of guanidine groups is 1. The molecular weight excluding hydrogens is 432 g/mol. The van der Waals surface area contributed by atoms with Gasteiger partial charge in [-0.3, -0.25) is 15.1 Å². The van der Waals surface area contributed by atoms with Gasteiger partial charge in [-0.1, -0.05) is 18.0 Å². The van der Waals surface area contributed by atoms with Crippen LogP contribution in [-0.2, 0) is 16.3 Å². The lowest BCUT2D eigenvalue weighted by molar-refractivity contribution is -0.727. The monoisotopic (exact) mass is 459 g/mol. The van der Waals surface area contributed by atoms with Crippen molar-refractivity contribution in [2.75, 3.05) is 25.0 Å². The van der Waals surface area contributed by atoms with Crippen LogP contribution in [0, 0.1) is 11.5 Å². The first kappa shape index (κ1) is 24.9. The van der Waals surface area contributed by atoms with E-state index in [-0.39, 0.29) is 13.3 Å². The standard InChI is InChI=1S/C22H27ClN6O3/c23-18-5-7-20(8-6-18)31-14-4-2-1-3-11-26-22(27-16-25)28-19-9-12-29(13-10-19)17-32-21(30)15-24/h5-10,12-13H,1-4,11,14-15,17,24H2,(H,26,27)/p+1. The molecule has 32 heavy (non-hydrogen) atoms. The minimum Gasteiger partial charge on any atom is -0.494 e. The Hall–Kier alpha value is -3.35. The van der Waals surface area contributed by atoms with Crippen molar-refractivity contribution in [3.63, 3.8) is 0 Å². The lowest BCUT2D eigenvalue weighted by Gasteiger charge is -2.08. The first-order chi connectivity index (χ1) is 15.6. The summed E-state index contributed by atoms with van der Waals surface area (Å²) < 4.78 is 12.3. The zero-order valence-electron chi connectivity index (χ0n) is 17.8. The van der Waals surface area contributed by atoms with Gasteiger partial charge in [0.1, 0.15) is 5.75 Å². The van der Waals surface area contributed by atoms with Crippen molar-refractivity contribution < 1.29 is 18.8 Å². The minimum atomic E-state index is -0.471. The highest BCUT2D eigenvalue weighted by molar-refractivity contribution is 6.30. The first-order valence-electron chi connectivity index (χ1n) is 10.3. The van der Waals surface area contributed by atoms with Crippen molar-refractivity contribution in [2.24, 2.45) is 10.7 Å². The SMILES string of the molecule is N#CNC(=NCCCCCCOc1ccc(Cl)cc1)Nc1cc[n+](COC(=O)CN)cc1. The van der Waals surface area contributed by atoms with E-state index in [0.717, 1.165) is 37.1 Å². The van der Waals surface area contributed by atoms with Gasteiger partial charge in [0.2, 0.25) is 5.96 Å². The van der Waals surface area contributed by atoms with Gasteiger partial charge in [0, 0.05) is 23.7 Å². The second kappa shape index (κ2) is 14.6. The highest BCUT2D eigenvalue weighted by Crippen LogP contribution is 2.16. The molecule has 0 atom stereocenters. The van der Waals surface area contributed by atoms with Crippen molar-refractivity contribution in [2.45, 2.75) is 32.4 Å². The second-order valence-corrected chi connectivity index (χ2v) is 7.20. The second-order valence-electron chi connectivity index (χ2n) is 6.76. The molecule has 2 rings (SSSR count). The number of esters is 1. The molecule has 0 radical (unpaired) electrons. The number of nitrogens with two attached hydrogens (primary N) is 1. The van der Waals surface area contributed by atoms with E-state index in [1.165, 1.54) is 0 Å². The van der Waals surface area contributed by atoms with Gasteiger partial charge >= 0.3 is 5.97 Å². The van der Waals surface area contributed by atoms with Gasteiger partial charge in [-0.05, 0) is 43.5 Å². The molecule has 1 aromatic heterocycles. The predicted octanol–water partition coefficient (Wildman–Crippen LogP) is 2.56. The number of anilines is 1. The van der Waals surface area contributed by atoms with Gasteiger partial charge in [0.25, 0.3) is 6.73 Å². The van der Waals surface area contributed by atoms with Crippen LogP contribution in [0.5, 0.6) is 5.75 Å². The maximum Gasteiger partial charge on any atom is 0.324 e. The molecule has 0 aliphatic heterocycles. The predicted molar refractivity (Wildman–Crippen MR) is 122 cm³/mol. The lowest BCUT2D eigenvalue weighted by Crippen LogP contribution is -2.36. The molecule has 0 spiro atoms. The number of pyridine rings is 1. The number of nitrogens with one attached hydrogen (secondary N) is 2. The summed E-state index contributed by atoms with van der Waals surface area (Å²) in [6, 6.07) is 10.9. The Morgan fingerprint density at radius 1 is 1.12 bits per heavy atom. The smallest absolute Gasteiger partial charge is 0.324 e. The van der Waals surface area contributed by atoms with Crippen LogP contribution in [0.1, 0.15) is 25.7 Å². The molecule has 1 aromatic carbocycles. The number of carbonyl (C=O) groups excluding carboxylic acids is 1. The fourth-order valence-electron chi connectivity index (χ4n) is 2.61. The summed E-state index contributed by atoms with van der Waals surface area (Å²) in [6.07, 6.45) is 9.27. The van der Waals surface area contributed by atoms with Gasteiger partial charge < -0.3 is 20.5 Å². The Bertz CT molecular complexity index is 897. The van der Waals surface area contributed by atoms with Crippen LogP contribution in [0.25, 0.3) is 0 Å². The largest absolute Gasteiger partial charge is 0.494 e. The number of unbranched alkanes of at least 4 members (excludes halogenated alkanes) is 3. The average molecular weight is 460 g/mol. The number of rotatable bonds is 12. The normalized spacial score (nSPS) is 10.8. The van der Waals surface area contributed by atoms with Gasteiger partial charge in [0.05, 0.1) is 18.8 Å². The Morgan fingerprint density at radius 3 is 2.53 bits per heavy atom. The van der Waals surface area contributed by atoms with Gasteiger partial charge in [-0.2, -0.15) is 9.83 Å². The number of ether oxygens (including phenoxy) is 2. The van der Waals surface area contributed by atoms with E-state index in [2.05, 4.69) is 15.6 Å². The number of halogens is 1. The molecule has 0 bridgehead atoms. The van der Waals surface area contributed by atoms with Gasteiger partial charge in [-0.25, -0.2) is 0 Å². The molecular formula is C22H28ClN6O3+. The zero-order chi connectivity index (χ0) is 23.0. The zero-order valence-corrected chi connectivity index (χ0v) is 18.6. The highest BCUT2D eigenvalue weighted by Gasteiger charge is 2.06. The van der Waals surface area contributed by atoms with E-state index in [1.807, 2.05) is 30.5 Å². The van der Waals surface area contributed by atoms with Gasteiger partial charge in [-0.15, -0.1) is 0 Å². The van der Waals surface area contributed by atoms with Crippen LogP contribution in [0.3, 0.4) is 0 Å². The summed E-state index contributed by atoms with van der Waals surface area (Å²) in [4.78, 5) is 15.5. The molecule has 170 valence electrons. The molecule has 2 aromatic rings. The van der Waals surface area contributed by atoms with E-state index < -0.39 is 5.97 Å². The first-order valence-corrected chi connectivity index (χ1v) is 10.7. The molecule has 9 nitrogen and oxygen atoms in total. The molecule has 0 amide bonds. The molecule has 0 unspecified atom stereocenters. The van der Waals surface area contributed by atoms with Crippen LogP contribution >= 0.6 is 11.6 Å². The number of aliphatic imine (C=N–C) groups is 1. The number of nitriles is 1. The Labute approximate surface area is 192 Å². The summed E-state index contributed by atoms with van der Waals surface area (Å²) in [7, 11) is 0. The Balaban J connectivity index is 1.66. The maximum atomic E-state index is 11.1. The topological polar surface area (TPSA) is 126 Å². The van der Waals surface area contributed by atoms with Crippen molar-refractivity contribution in [1.29, 1.82) is 5.26 Å². The van der Waals surface area contributed by atoms with Gasteiger partial charge in [0.15, 0.2) is 18.6 Å². The lowest BCUT2D eigenvalue weighted by atomic mass is 10.2. The molecule has 0 saturated carbocycles. The summed E-state index contributed by atoms with van der Waals surface area (Å²) >= 11 is 5.85. The third kappa shape index (κ3) is 10.1. The average Bonchev–Trinajstić information content (AvgIpc) is 2.81. The van der Waals surface area contributed by atoms with E-state index >= 15 is 0 Å². The van der Waals surface area contributed by atoms with Crippen LogP contribution in [-0.4, -0.2) is 31.6 Å². The third-order valence-corrected chi connectivity index (χ3v) is 4.53. The molecule has 0 aliphatic carbocycles. The van der Waals surface area contributed by atoms with Crippen molar-refractivity contribution >= 4 is 29.2 Å². The van der Waals surface area contributed by atoms with E-state index in [1.54, 1.807) is 29.1 Å². The number of hydrogen-bond acceptors (Lipinski definition) is 6. The number of nitrogens with zero attached hydrogens (tertiary/aromatic N) is 3. The van der Waals surface area contributed by atoms with E-state index in [9.17, 15) is 4.79 Å². The summed E-state index contributed by atoms with van der Waals surface area (Å²) in [6.45, 7) is 1.18. The number of hydrogen-bond donors (Lipinski definition) is 3. The Kier molecular flexibility index (Phi) is 11.4. The van der Waals surface area contributed by atoms with E-state index in [4.69, 9.17) is 32.1 Å². The molecule has 0 saturated heterocycles. The molecule has 1 heterocycles. The summed E-state index contributed by atoms with van der Waals surface area (Å²) in [5.41, 5.74) is 5.94. The number of aromatic nitrogens is 1. The fourth-order valence-corrected chi connectivity index (χ4v) is 2.74. The number of benzene rings is 1. The van der Waals surface area contributed by atoms with E-state index in [0.29, 0.717) is 24.1 Å². The Morgan fingerprint density at radius 2 is 1.84 bits per heavy atom. The van der Waals surface area contributed by atoms with Crippen LogP contribution in [0.15, 0.2) is 53.8 Å². The molecule has 10 heteroatoms. The van der Waals surface area contributed by atoms with Crippen LogP contribution in [0.2, 0.25) is 5.02 Å². The molecule has 0 fully saturated rings. The van der Waals surface area contributed by atoms with Crippen LogP contribution in [0.4, 0.5) is 5.69 Å². The third-order valence-electron chi connectivity index (χ3n) is 4.27. The summed E-state index contributed by atoms with van der Waals surface area (Å²) in [5, 5.41) is 15.3. The van der Waals surface area contributed by atoms with Crippen LogP contribution < -0.4 is 25.7 Å². The quantitative estimate of drug-likeness (QED) is 0.0846. The van der Waals surface area contributed by atoms with Crippen molar-refractivity contribution in [3.8, 4) is 11.9 Å².